The second-order valence-electron chi connectivity index (χ2n) is 4.70. The molecule has 0 heterocycles. The zero-order valence-corrected chi connectivity index (χ0v) is 10.5. The zero-order valence-electron chi connectivity index (χ0n) is 10.5. The summed E-state index contributed by atoms with van der Waals surface area (Å²) in [4.78, 5) is 2.09. The Morgan fingerprint density at radius 2 is 2.00 bits per heavy atom. The van der Waals surface area contributed by atoms with Crippen molar-refractivity contribution in [2.75, 3.05) is 11.9 Å². The van der Waals surface area contributed by atoms with Crippen LogP contribution in [0.4, 0.5) is 10.1 Å². The Hall–Kier alpha value is -1.09. The van der Waals surface area contributed by atoms with Crippen molar-refractivity contribution in [1.82, 2.24) is 0 Å². The molecule has 0 saturated carbocycles. The Morgan fingerprint density at radius 3 is 2.44 bits per heavy atom. The van der Waals surface area contributed by atoms with Gasteiger partial charge in [-0.1, -0.05) is 13.0 Å². The van der Waals surface area contributed by atoms with Gasteiger partial charge in [0.05, 0.1) is 0 Å². The number of hydrogen-bond donors (Lipinski definition) is 1. The van der Waals surface area contributed by atoms with E-state index in [2.05, 4.69) is 25.7 Å². The fourth-order valence-electron chi connectivity index (χ4n) is 1.50. The van der Waals surface area contributed by atoms with E-state index in [4.69, 9.17) is 5.73 Å². The summed E-state index contributed by atoms with van der Waals surface area (Å²) in [6.45, 7) is 6.65. The number of nitrogens with zero attached hydrogens (tertiary/aromatic N) is 1. The van der Waals surface area contributed by atoms with Gasteiger partial charge < -0.3 is 10.6 Å². The summed E-state index contributed by atoms with van der Waals surface area (Å²) in [5.41, 5.74) is 6.91. The third-order valence-corrected chi connectivity index (χ3v) is 3.42. The Labute approximate surface area is 97.3 Å². The predicted molar refractivity (Wildman–Crippen MR) is 67.1 cm³/mol. The van der Waals surface area contributed by atoms with E-state index in [0.29, 0.717) is 5.56 Å². The average molecular weight is 224 g/mol. The fourth-order valence-corrected chi connectivity index (χ4v) is 1.50. The molecule has 0 bridgehead atoms. The molecule has 0 unspecified atom stereocenters. The molecule has 16 heavy (non-hydrogen) atoms. The number of rotatable bonds is 4. The maximum Gasteiger partial charge on any atom is 0.129 e. The summed E-state index contributed by atoms with van der Waals surface area (Å²) in [6, 6.07) is 5.23. The minimum atomic E-state index is -0.223. The average Bonchev–Trinajstić information content (AvgIpc) is 2.27. The molecule has 0 amide bonds. The van der Waals surface area contributed by atoms with Crippen LogP contribution in [0.15, 0.2) is 18.2 Å². The molecule has 90 valence electrons. The van der Waals surface area contributed by atoms with Crippen LogP contribution < -0.4 is 10.6 Å². The summed E-state index contributed by atoms with van der Waals surface area (Å²) in [5, 5.41) is 0. The molecule has 1 aromatic carbocycles. The van der Waals surface area contributed by atoms with Gasteiger partial charge in [-0.05, 0) is 32.4 Å². The molecule has 0 spiro atoms. The molecular formula is C13H21FN2. The largest absolute Gasteiger partial charge is 0.369 e. The first kappa shape index (κ1) is 13.0. The normalized spacial score (nSPS) is 11.6. The first-order valence-electron chi connectivity index (χ1n) is 5.64. The maximum atomic E-state index is 13.6. The lowest BCUT2D eigenvalue weighted by Crippen LogP contribution is -2.40. The molecule has 0 radical (unpaired) electrons. The summed E-state index contributed by atoms with van der Waals surface area (Å²) in [7, 11) is 1.99. The van der Waals surface area contributed by atoms with Gasteiger partial charge in [-0.25, -0.2) is 4.39 Å². The van der Waals surface area contributed by atoms with Gasteiger partial charge >= 0.3 is 0 Å². The van der Waals surface area contributed by atoms with E-state index >= 15 is 0 Å². The molecule has 0 aliphatic rings. The molecule has 0 fully saturated rings. The van der Waals surface area contributed by atoms with Crippen molar-refractivity contribution in [3.05, 3.63) is 29.6 Å². The summed E-state index contributed by atoms with van der Waals surface area (Å²) in [5.74, 6) is -0.223. The van der Waals surface area contributed by atoms with Crippen molar-refractivity contribution in [3.8, 4) is 0 Å². The van der Waals surface area contributed by atoms with Gasteiger partial charge in [0.2, 0.25) is 0 Å². The Morgan fingerprint density at radius 1 is 1.38 bits per heavy atom. The van der Waals surface area contributed by atoms with Gasteiger partial charge in [-0.2, -0.15) is 0 Å². The first-order valence-corrected chi connectivity index (χ1v) is 5.64. The topological polar surface area (TPSA) is 29.3 Å². The van der Waals surface area contributed by atoms with Gasteiger partial charge in [0, 0.05) is 30.4 Å². The summed E-state index contributed by atoms with van der Waals surface area (Å²) < 4.78 is 13.6. The van der Waals surface area contributed by atoms with Crippen LogP contribution in [-0.2, 0) is 6.54 Å². The number of halogens is 1. The van der Waals surface area contributed by atoms with E-state index in [1.54, 1.807) is 12.1 Å². The molecule has 1 aromatic rings. The quantitative estimate of drug-likeness (QED) is 0.852. The number of anilines is 1. The molecule has 1 rings (SSSR count). The van der Waals surface area contributed by atoms with E-state index in [0.717, 1.165) is 12.1 Å². The predicted octanol–water partition coefficient (Wildman–Crippen LogP) is 2.91. The Kier molecular flexibility index (Phi) is 3.92. The van der Waals surface area contributed by atoms with Crippen LogP contribution in [0.25, 0.3) is 0 Å². The molecule has 0 atom stereocenters. The van der Waals surface area contributed by atoms with Crippen molar-refractivity contribution in [2.45, 2.75) is 39.3 Å². The molecule has 2 N–H and O–H groups in total. The van der Waals surface area contributed by atoms with Crippen LogP contribution in [0.2, 0.25) is 0 Å². The first-order chi connectivity index (χ1) is 7.42. The molecule has 3 heteroatoms. The minimum Gasteiger partial charge on any atom is -0.369 e. The number of benzene rings is 1. The van der Waals surface area contributed by atoms with E-state index in [9.17, 15) is 4.39 Å². The maximum absolute atomic E-state index is 13.6. The number of hydrogen-bond acceptors (Lipinski definition) is 2. The highest BCUT2D eigenvalue weighted by Crippen LogP contribution is 2.26. The van der Waals surface area contributed by atoms with Crippen LogP contribution in [-0.4, -0.2) is 12.6 Å². The van der Waals surface area contributed by atoms with Crippen LogP contribution >= 0.6 is 0 Å². The lowest BCUT2D eigenvalue weighted by Gasteiger charge is -2.37. The molecular weight excluding hydrogens is 203 g/mol. The van der Waals surface area contributed by atoms with Crippen LogP contribution in [0, 0.1) is 5.82 Å². The third-order valence-electron chi connectivity index (χ3n) is 3.42. The molecule has 0 aliphatic heterocycles. The SMILES string of the molecule is CCC(C)(C)N(C)c1ccc(CN)c(F)c1. The third kappa shape index (κ3) is 2.53. The second kappa shape index (κ2) is 4.83. The molecule has 0 aliphatic carbocycles. The van der Waals surface area contributed by atoms with E-state index in [1.807, 2.05) is 13.1 Å². The van der Waals surface area contributed by atoms with Gasteiger partial charge in [0.25, 0.3) is 0 Å². The van der Waals surface area contributed by atoms with Crippen molar-refractivity contribution in [1.29, 1.82) is 0 Å². The fraction of sp³-hybridized carbons (Fsp3) is 0.538. The van der Waals surface area contributed by atoms with Crippen molar-refractivity contribution in [3.63, 3.8) is 0 Å². The van der Waals surface area contributed by atoms with E-state index < -0.39 is 0 Å². The lowest BCUT2D eigenvalue weighted by molar-refractivity contribution is 0.469. The van der Waals surface area contributed by atoms with Crippen LogP contribution in [0.1, 0.15) is 32.8 Å². The zero-order chi connectivity index (χ0) is 12.3. The summed E-state index contributed by atoms with van der Waals surface area (Å²) >= 11 is 0. The van der Waals surface area contributed by atoms with Crippen molar-refractivity contribution in [2.24, 2.45) is 5.73 Å². The molecule has 0 saturated heterocycles. The van der Waals surface area contributed by atoms with Gasteiger partial charge in [0.15, 0.2) is 0 Å². The highest BCUT2D eigenvalue weighted by molar-refractivity contribution is 5.49. The molecule has 2 nitrogen and oxygen atoms in total. The van der Waals surface area contributed by atoms with Gasteiger partial charge in [-0.15, -0.1) is 0 Å². The van der Waals surface area contributed by atoms with E-state index in [1.165, 1.54) is 0 Å². The standard InChI is InChI=1S/C13H21FN2/c1-5-13(2,3)16(4)11-7-6-10(9-15)12(14)8-11/h6-8H,5,9,15H2,1-4H3. The second-order valence-corrected chi connectivity index (χ2v) is 4.70. The highest BCUT2D eigenvalue weighted by Gasteiger charge is 2.21. The summed E-state index contributed by atoms with van der Waals surface area (Å²) in [6.07, 6.45) is 1.00. The monoisotopic (exact) mass is 224 g/mol. The van der Waals surface area contributed by atoms with E-state index in [-0.39, 0.29) is 17.9 Å². The van der Waals surface area contributed by atoms with Crippen LogP contribution in [0.3, 0.4) is 0 Å². The van der Waals surface area contributed by atoms with Gasteiger partial charge in [0.1, 0.15) is 5.82 Å². The van der Waals surface area contributed by atoms with Gasteiger partial charge in [-0.3, -0.25) is 0 Å². The Bertz CT molecular complexity index is 361. The lowest BCUT2D eigenvalue weighted by atomic mass is 9.99. The molecule has 0 aromatic heterocycles. The number of nitrogens with two attached hydrogens (primary N) is 1. The Balaban J connectivity index is 3.02. The van der Waals surface area contributed by atoms with Crippen molar-refractivity contribution >= 4 is 5.69 Å². The van der Waals surface area contributed by atoms with Crippen molar-refractivity contribution < 1.29 is 4.39 Å². The minimum absolute atomic E-state index is 0.0245. The smallest absolute Gasteiger partial charge is 0.129 e. The van der Waals surface area contributed by atoms with Crippen LogP contribution in [0.5, 0.6) is 0 Å². The highest BCUT2D eigenvalue weighted by atomic mass is 19.1.